The van der Waals surface area contributed by atoms with Crippen molar-refractivity contribution in [2.75, 3.05) is 13.2 Å². The number of carbonyl (C=O) groups excluding carboxylic acids is 1. The molecule has 1 amide bonds. The highest BCUT2D eigenvalue weighted by Gasteiger charge is 2.19. The molecule has 0 rings (SSSR count). The van der Waals surface area contributed by atoms with Crippen LogP contribution in [0.2, 0.25) is 0 Å². The summed E-state index contributed by atoms with van der Waals surface area (Å²) in [5, 5.41) is 8.85. The highest BCUT2D eigenvalue weighted by molar-refractivity contribution is 5.78. The van der Waals surface area contributed by atoms with E-state index in [2.05, 4.69) is 5.92 Å². The minimum absolute atomic E-state index is 0.00713. The maximum Gasteiger partial charge on any atom is 0.234 e. The van der Waals surface area contributed by atoms with Crippen LogP contribution >= 0.6 is 0 Å². The molecule has 0 atom stereocenters. The predicted molar refractivity (Wildman–Crippen MR) is 56.6 cm³/mol. The zero-order valence-corrected chi connectivity index (χ0v) is 8.99. The van der Waals surface area contributed by atoms with Crippen molar-refractivity contribution in [2.45, 2.75) is 39.2 Å². The van der Waals surface area contributed by atoms with Crippen molar-refractivity contribution in [1.82, 2.24) is 4.90 Å². The third-order valence-corrected chi connectivity index (χ3v) is 2.30. The van der Waals surface area contributed by atoms with E-state index in [1.807, 2.05) is 13.8 Å². The van der Waals surface area contributed by atoms with E-state index in [4.69, 9.17) is 11.5 Å². The van der Waals surface area contributed by atoms with Gasteiger partial charge in [0.1, 0.15) is 0 Å². The number of aliphatic hydroxyl groups is 1. The lowest BCUT2D eigenvalue weighted by Gasteiger charge is -2.29. The van der Waals surface area contributed by atoms with Crippen molar-refractivity contribution in [3.8, 4) is 12.3 Å². The summed E-state index contributed by atoms with van der Waals surface area (Å²) in [6, 6.07) is 0.197. The quantitative estimate of drug-likeness (QED) is 0.646. The van der Waals surface area contributed by atoms with Crippen LogP contribution in [0.25, 0.3) is 0 Å². The maximum absolute atomic E-state index is 11.6. The molecule has 0 saturated heterocycles. The zero-order chi connectivity index (χ0) is 11.0. The average molecular weight is 197 g/mol. The largest absolute Gasteiger partial charge is 0.395 e. The summed E-state index contributed by atoms with van der Waals surface area (Å²) in [7, 11) is 0. The number of aliphatic hydroxyl groups excluding tert-OH is 1. The molecule has 0 bridgehead atoms. The van der Waals surface area contributed by atoms with E-state index < -0.39 is 0 Å². The van der Waals surface area contributed by atoms with Crippen LogP contribution in [-0.4, -0.2) is 35.1 Å². The van der Waals surface area contributed by atoms with Gasteiger partial charge in [-0.1, -0.05) is 19.8 Å². The Labute approximate surface area is 86.1 Å². The number of hydrogen-bond acceptors (Lipinski definition) is 2. The van der Waals surface area contributed by atoms with Gasteiger partial charge in [0, 0.05) is 12.6 Å². The predicted octanol–water partition coefficient (Wildman–Crippen LogP) is 1.02. The van der Waals surface area contributed by atoms with Crippen LogP contribution in [0.1, 0.15) is 33.1 Å². The Morgan fingerprint density at radius 3 is 2.43 bits per heavy atom. The van der Waals surface area contributed by atoms with Crippen LogP contribution in [0.4, 0.5) is 0 Å². The summed E-state index contributed by atoms with van der Waals surface area (Å²) in [4.78, 5) is 13.2. The van der Waals surface area contributed by atoms with Crippen LogP contribution in [-0.2, 0) is 4.79 Å². The summed E-state index contributed by atoms with van der Waals surface area (Å²) < 4.78 is 0. The fourth-order valence-electron chi connectivity index (χ4n) is 1.54. The third kappa shape index (κ3) is 3.80. The van der Waals surface area contributed by atoms with Gasteiger partial charge in [-0.15, -0.1) is 6.42 Å². The molecule has 0 aromatic carbocycles. The molecule has 0 saturated carbocycles. The van der Waals surface area contributed by atoms with Gasteiger partial charge < -0.3 is 10.0 Å². The monoisotopic (exact) mass is 197 g/mol. The van der Waals surface area contributed by atoms with Crippen molar-refractivity contribution in [2.24, 2.45) is 0 Å². The Bertz CT molecular complexity index is 204. The summed E-state index contributed by atoms with van der Waals surface area (Å²) in [5.41, 5.74) is 0. The average Bonchev–Trinajstić information content (AvgIpc) is 2.18. The van der Waals surface area contributed by atoms with Crippen molar-refractivity contribution in [3.05, 3.63) is 0 Å². The number of nitrogens with zero attached hydrogens (tertiary/aromatic N) is 1. The maximum atomic E-state index is 11.6. The molecular weight excluding hydrogens is 178 g/mol. The Kier molecular flexibility index (Phi) is 6.87. The minimum Gasteiger partial charge on any atom is -0.395 e. The molecular formula is C11H19NO2. The van der Waals surface area contributed by atoms with Gasteiger partial charge in [0.05, 0.1) is 13.0 Å². The van der Waals surface area contributed by atoms with Gasteiger partial charge in [-0.3, -0.25) is 4.79 Å². The number of hydrogen-bond donors (Lipinski definition) is 1. The van der Waals surface area contributed by atoms with E-state index >= 15 is 0 Å². The molecule has 0 aromatic rings. The summed E-state index contributed by atoms with van der Waals surface area (Å²) >= 11 is 0. The topological polar surface area (TPSA) is 40.5 Å². The number of terminal acetylenes is 1. The highest BCUT2D eigenvalue weighted by atomic mass is 16.3. The number of amides is 1. The molecule has 0 aromatic heterocycles. The first kappa shape index (κ1) is 13.0. The van der Waals surface area contributed by atoms with Crippen LogP contribution in [0, 0.1) is 12.3 Å². The SMILES string of the molecule is C#CCC(=O)N(CCO)C(CC)CC. The standard InChI is InChI=1S/C11H19NO2/c1-4-7-11(14)12(8-9-13)10(5-2)6-3/h1,10,13H,5-9H2,2-3H3. The molecule has 0 radical (unpaired) electrons. The van der Waals surface area contributed by atoms with E-state index in [1.165, 1.54) is 0 Å². The number of rotatable bonds is 6. The molecule has 0 aliphatic carbocycles. The molecule has 0 fully saturated rings. The van der Waals surface area contributed by atoms with Gasteiger partial charge in [0.15, 0.2) is 0 Å². The summed E-state index contributed by atoms with van der Waals surface area (Å²) in [5.74, 6) is 2.28. The molecule has 80 valence electrons. The van der Waals surface area contributed by atoms with Gasteiger partial charge in [-0.2, -0.15) is 0 Å². The van der Waals surface area contributed by atoms with Gasteiger partial charge in [0.25, 0.3) is 0 Å². The second kappa shape index (κ2) is 7.40. The minimum atomic E-state index is -0.0600. The first-order valence-corrected chi connectivity index (χ1v) is 5.04. The molecule has 0 aliphatic heterocycles. The van der Waals surface area contributed by atoms with Gasteiger partial charge in [-0.25, -0.2) is 0 Å². The van der Waals surface area contributed by atoms with E-state index in [9.17, 15) is 4.79 Å². The van der Waals surface area contributed by atoms with Crippen molar-refractivity contribution >= 4 is 5.91 Å². The van der Waals surface area contributed by atoms with Gasteiger partial charge in [-0.05, 0) is 12.8 Å². The lowest BCUT2D eigenvalue weighted by molar-refractivity contribution is -0.133. The smallest absolute Gasteiger partial charge is 0.234 e. The van der Waals surface area contributed by atoms with Crippen LogP contribution in [0.5, 0.6) is 0 Å². The molecule has 0 spiro atoms. The zero-order valence-electron chi connectivity index (χ0n) is 8.99. The van der Waals surface area contributed by atoms with E-state index in [0.717, 1.165) is 12.8 Å². The third-order valence-electron chi connectivity index (χ3n) is 2.30. The Morgan fingerprint density at radius 1 is 1.50 bits per heavy atom. The van der Waals surface area contributed by atoms with Crippen molar-refractivity contribution in [3.63, 3.8) is 0 Å². The Morgan fingerprint density at radius 2 is 2.07 bits per heavy atom. The Hall–Kier alpha value is -1.01. The molecule has 0 heterocycles. The summed E-state index contributed by atoms with van der Waals surface area (Å²) in [6.45, 7) is 4.43. The molecule has 3 nitrogen and oxygen atoms in total. The molecule has 1 N–H and O–H groups in total. The molecule has 14 heavy (non-hydrogen) atoms. The first-order chi connectivity index (χ1) is 6.71. The molecule has 0 unspecified atom stereocenters. The van der Waals surface area contributed by atoms with E-state index in [-0.39, 0.29) is 25.0 Å². The fraction of sp³-hybridized carbons (Fsp3) is 0.727. The van der Waals surface area contributed by atoms with Crippen molar-refractivity contribution < 1.29 is 9.90 Å². The fourth-order valence-corrected chi connectivity index (χ4v) is 1.54. The second-order valence-electron chi connectivity index (χ2n) is 3.16. The first-order valence-electron chi connectivity index (χ1n) is 5.04. The molecule has 0 aliphatic rings. The second-order valence-corrected chi connectivity index (χ2v) is 3.16. The van der Waals surface area contributed by atoms with E-state index in [0.29, 0.717) is 6.54 Å². The van der Waals surface area contributed by atoms with Gasteiger partial charge in [0.2, 0.25) is 5.91 Å². The normalized spacial score (nSPS) is 9.93. The number of carbonyl (C=O) groups is 1. The van der Waals surface area contributed by atoms with Gasteiger partial charge >= 0.3 is 0 Å². The van der Waals surface area contributed by atoms with Crippen LogP contribution in [0.15, 0.2) is 0 Å². The van der Waals surface area contributed by atoms with Crippen molar-refractivity contribution in [1.29, 1.82) is 0 Å². The van der Waals surface area contributed by atoms with E-state index in [1.54, 1.807) is 4.90 Å². The highest BCUT2D eigenvalue weighted by Crippen LogP contribution is 2.09. The lowest BCUT2D eigenvalue weighted by atomic mass is 10.1. The van der Waals surface area contributed by atoms with Crippen LogP contribution < -0.4 is 0 Å². The summed E-state index contributed by atoms with van der Waals surface area (Å²) in [6.07, 6.45) is 7.00. The lowest BCUT2D eigenvalue weighted by Crippen LogP contribution is -2.41. The molecule has 3 heteroatoms. The van der Waals surface area contributed by atoms with Crippen LogP contribution in [0.3, 0.4) is 0 Å². The Balaban J connectivity index is 4.40.